The van der Waals surface area contributed by atoms with Crippen molar-refractivity contribution in [3.8, 4) is 11.5 Å². The molecule has 0 aromatic heterocycles. The summed E-state index contributed by atoms with van der Waals surface area (Å²) in [5.74, 6) is -0.715. The predicted molar refractivity (Wildman–Crippen MR) is 111 cm³/mol. The summed E-state index contributed by atoms with van der Waals surface area (Å²) in [7, 11) is -4.11. The molecule has 0 saturated heterocycles. The summed E-state index contributed by atoms with van der Waals surface area (Å²) in [6.07, 6.45) is 0. The lowest BCUT2D eigenvalue weighted by Gasteiger charge is -2.15. The first kappa shape index (κ1) is 21.2. The lowest BCUT2D eigenvalue weighted by molar-refractivity contribution is 0.325. The fourth-order valence-electron chi connectivity index (χ4n) is 2.40. The van der Waals surface area contributed by atoms with E-state index < -0.39 is 15.8 Å². The average molecular weight is 457 g/mol. The van der Waals surface area contributed by atoms with Crippen LogP contribution in [0.15, 0.2) is 65.6 Å². The lowest BCUT2D eigenvalue weighted by atomic mass is 10.3. The molecule has 0 saturated carbocycles. The third-order valence-corrected chi connectivity index (χ3v) is 5.67. The molecule has 0 aliphatic rings. The van der Waals surface area contributed by atoms with Crippen LogP contribution < -0.4 is 14.8 Å². The summed E-state index contributed by atoms with van der Waals surface area (Å²) < 4.78 is 47.6. The van der Waals surface area contributed by atoms with E-state index in [0.29, 0.717) is 10.7 Å². The number of rotatable bonds is 7. The van der Waals surface area contributed by atoms with Crippen LogP contribution in [0.5, 0.6) is 11.5 Å². The van der Waals surface area contributed by atoms with Gasteiger partial charge in [0.25, 0.3) is 10.0 Å². The van der Waals surface area contributed by atoms with Crippen LogP contribution in [0.4, 0.5) is 15.8 Å². The molecule has 0 amide bonds. The van der Waals surface area contributed by atoms with Crippen molar-refractivity contribution in [1.29, 1.82) is 0 Å². The van der Waals surface area contributed by atoms with E-state index in [1.54, 1.807) is 0 Å². The zero-order chi connectivity index (χ0) is 21.0. The number of para-hydroxylation sites is 1. The van der Waals surface area contributed by atoms with Gasteiger partial charge in [-0.2, -0.15) is 0 Å². The number of nitrogens with one attached hydrogen (secondary N) is 2. The Kier molecular flexibility index (Phi) is 6.49. The predicted octanol–water partition coefficient (Wildman–Crippen LogP) is 5.09. The van der Waals surface area contributed by atoms with Crippen molar-refractivity contribution in [1.82, 2.24) is 0 Å². The van der Waals surface area contributed by atoms with Gasteiger partial charge >= 0.3 is 0 Å². The van der Waals surface area contributed by atoms with Gasteiger partial charge in [-0.05, 0) is 54.6 Å². The fraction of sp³-hybridized carbons (Fsp3) is 0.0526. The molecule has 10 heteroatoms. The van der Waals surface area contributed by atoms with Crippen LogP contribution in [0.3, 0.4) is 0 Å². The van der Waals surface area contributed by atoms with Crippen molar-refractivity contribution in [2.24, 2.45) is 0 Å². The minimum Gasteiger partial charge on any atom is -0.453 e. The van der Waals surface area contributed by atoms with Gasteiger partial charge < -0.3 is 15.2 Å². The molecule has 3 rings (SSSR count). The van der Waals surface area contributed by atoms with Gasteiger partial charge in [0, 0.05) is 10.7 Å². The van der Waals surface area contributed by atoms with E-state index in [9.17, 15) is 12.8 Å². The second kappa shape index (κ2) is 8.87. The maximum atomic E-state index is 14.4. The maximum Gasteiger partial charge on any atom is 0.262 e. The number of aliphatic hydroxyl groups excluding tert-OH is 1. The highest BCUT2D eigenvalue weighted by Gasteiger charge is 2.20. The molecule has 0 unspecified atom stereocenters. The van der Waals surface area contributed by atoms with E-state index in [4.69, 9.17) is 33.0 Å². The zero-order valence-electron chi connectivity index (χ0n) is 14.7. The first-order valence-electron chi connectivity index (χ1n) is 8.19. The molecule has 0 heterocycles. The largest absolute Gasteiger partial charge is 0.453 e. The van der Waals surface area contributed by atoms with E-state index in [1.165, 1.54) is 54.6 Å². The van der Waals surface area contributed by atoms with Crippen molar-refractivity contribution < 1.29 is 22.7 Å². The third kappa shape index (κ3) is 5.10. The molecule has 29 heavy (non-hydrogen) atoms. The normalized spacial score (nSPS) is 11.2. The van der Waals surface area contributed by atoms with Gasteiger partial charge in [-0.3, -0.25) is 4.72 Å². The van der Waals surface area contributed by atoms with Gasteiger partial charge in [0.2, 0.25) is 0 Å². The summed E-state index contributed by atoms with van der Waals surface area (Å²) in [5, 5.41) is 12.0. The minimum atomic E-state index is -4.11. The Bertz CT molecular complexity index is 1130. The number of halogens is 3. The lowest BCUT2D eigenvalue weighted by Crippen LogP contribution is -2.15. The minimum absolute atomic E-state index is 0.0728. The quantitative estimate of drug-likeness (QED) is 0.431. The van der Waals surface area contributed by atoms with E-state index >= 15 is 0 Å². The van der Waals surface area contributed by atoms with E-state index in [0.717, 1.165) is 6.07 Å². The first-order chi connectivity index (χ1) is 13.8. The van der Waals surface area contributed by atoms with E-state index in [2.05, 4.69) is 10.0 Å². The number of aliphatic hydroxyl groups is 1. The average Bonchev–Trinajstić information content (AvgIpc) is 2.67. The fourth-order valence-corrected chi connectivity index (χ4v) is 3.93. The number of ether oxygens (including phenoxy) is 1. The van der Waals surface area contributed by atoms with Crippen LogP contribution in [0.2, 0.25) is 10.0 Å². The molecular formula is C19H15Cl2FN2O4S. The first-order valence-corrected chi connectivity index (χ1v) is 10.4. The molecule has 0 aliphatic heterocycles. The highest BCUT2D eigenvalue weighted by atomic mass is 35.5. The van der Waals surface area contributed by atoms with Gasteiger partial charge in [0.05, 0.1) is 9.92 Å². The van der Waals surface area contributed by atoms with Crippen molar-refractivity contribution in [2.45, 2.75) is 4.90 Å². The molecular weight excluding hydrogens is 442 g/mol. The highest BCUT2D eigenvalue weighted by Crippen LogP contribution is 2.37. The SMILES string of the molecule is O=S(=O)(Nc1c(F)cccc1Oc1ccc(Cl)cc1Cl)c1ccc(NCO)cc1. The van der Waals surface area contributed by atoms with Gasteiger partial charge in [-0.1, -0.05) is 29.3 Å². The molecule has 0 spiro atoms. The smallest absolute Gasteiger partial charge is 0.262 e. The van der Waals surface area contributed by atoms with Gasteiger partial charge in [-0.15, -0.1) is 0 Å². The zero-order valence-corrected chi connectivity index (χ0v) is 17.0. The summed E-state index contributed by atoms with van der Waals surface area (Å²) in [4.78, 5) is -0.0975. The Labute approximate surface area is 176 Å². The molecule has 3 aromatic rings. The molecule has 0 fully saturated rings. The van der Waals surface area contributed by atoms with Crippen LogP contribution in [0.25, 0.3) is 0 Å². The summed E-state index contributed by atoms with van der Waals surface area (Å²) in [5.41, 5.74) is 0.162. The second-order valence-corrected chi connectivity index (χ2v) is 8.28. The van der Waals surface area contributed by atoms with Gasteiger partial charge in [-0.25, -0.2) is 12.8 Å². The Balaban J connectivity index is 1.92. The van der Waals surface area contributed by atoms with Crippen LogP contribution in [0, 0.1) is 5.82 Å². The Hall–Kier alpha value is -2.52. The van der Waals surface area contributed by atoms with Crippen molar-refractivity contribution in [3.63, 3.8) is 0 Å². The summed E-state index contributed by atoms with van der Waals surface area (Å²) >= 11 is 11.9. The molecule has 3 aromatic carbocycles. The maximum absolute atomic E-state index is 14.4. The van der Waals surface area contributed by atoms with Crippen LogP contribution in [0.1, 0.15) is 0 Å². The molecule has 152 valence electrons. The molecule has 0 atom stereocenters. The number of hydrogen-bond donors (Lipinski definition) is 3. The van der Waals surface area contributed by atoms with E-state index in [1.807, 2.05) is 0 Å². The van der Waals surface area contributed by atoms with Crippen LogP contribution >= 0.6 is 23.2 Å². The Morgan fingerprint density at radius 3 is 2.38 bits per heavy atom. The summed E-state index contributed by atoms with van der Waals surface area (Å²) in [6, 6.07) is 13.9. The Morgan fingerprint density at radius 2 is 1.72 bits per heavy atom. The number of benzene rings is 3. The summed E-state index contributed by atoms with van der Waals surface area (Å²) in [6.45, 7) is -0.298. The number of sulfonamides is 1. The molecule has 0 bridgehead atoms. The molecule has 3 N–H and O–H groups in total. The monoisotopic (exact) mass is 456 g/mol. The van der Waals surface area contributed by atoms with Gasteiger partial charge in [0.15, 0.2) is 11.6 Å². The van der Waals surface area contributed by atoms with Crippen molar-refractivity contribution in [3.05, 3.63) is 76.5 Å². The topological polar surface area (TPSA) is 87.7 Å². The number of hydrogen-bond acceptors (Lipinski definition) is 5. The Morgan fingerprint density at radius 1 is 1.00 bits per heavy atom. The van der Waals surface area contributed by atoms with Gasteiger partial charge in [0.1, 0.15) is 18.2 Å². The third-order valence-electron chi connectivity index (χ3n) is 3.77. The molecule has 0 aliphatic carbocycles. The van der Waals surface area contributed by atoms with Crippen LogP contribution in [-0.4, -0.2) is 20.3 Å². The van der Waals surface area contributed by atoms with Crippen molar-refractivity contribution >= 4 is 44.6 Å². The second-order valence-electron chi connectivity index (χ2n) is 5.75. The van der Waals surface area contributed by atoms with Crippen molar-refractivity contribution in [2.75, 3.05) is 16.8 Å². The van der Waals surface area contributed by atoms with Crippen LogP contribution in [-0.2, 0) is 10.0 Å². The highest BCUT2D eigenvalue weighted by molar-refractivity contribution is 7.92. The molecule has 0 radical (unpaired) electrons. The standard InChI is InChI=1S/C19H15Cl2FN2O4S/c20-12-4-9-17(15(21)10-12)28-18-3-1-2-16(22)19(18)24-29(26,27)14-7-5-13(6-8-14)23-11-25/h1-10,23-25H,11H2. The molecule has 6 nitrogen and oxygen atoms in total. The number of anilines is 2. The van der Waals surface area contributed by atoms with E-state index in [-0.39, 0.29) is 33.8 Å².